The molecule has 3 unspecified atom stereocenters. The molecule has 1 fully saturated rings. The van der Waals surface area contributed by atoms with Crippen molar-refractivity contribution in [2.45, 2.75) is 65.1 Å². The first-order valence-corrected chi connectivity index (χ1v) is 12.1. The maximum Gasteiger partial charge on any atom is 0.406 e. The van der Waals surface area contributed by atoms with Crippen molar-refractivity contribution in [1.29, 1.82) is 0 Å². The van der Waals surface area contributed by atoms with Crippen LogP contribution in [0.3, 0.4) is 0 Å². The van der Waals surface area contributed by atoms with Gasteiger partial charge in [0.1, 0.15) is 18.3 Å². The summed E-state index contributed by atoms with van der Waals surface area (Å²) in [6, 6.07) is -0.838. The summed E-state index contributed by atoms with van der Waals surface area (Å²) in [5.41, 5.74) is 2.23. The Balaban J connectivity index is 1.59. The first-order chi connectivity index (χ1) is 16.9. The molecule has 1 amide bonds. The first kappa shape index (κ1) is 26.0. The number of carbonyl (C=O) groups excluding carboxylic acids is 1. The highest BCUT2D eigenvalue weighted by molar-refractivity contribution is 5.80. The van der Waals surface area contributed by atoms with E-state index in [1.54, 1.807) is 19.6 Å². The minimum absolute atomic E-state index is 0.0520. The molecule has 3 heterocycles. The van der Waals surface area contributed by atoms with Crippen molar-refractivity contribution in [2.24, 2.45) is 11.3 Å². The average Bonchev–Trinajstić information content (AvgIpc) is 3.42. The summed E-state index contributed by atoms with van der Waals surface area (Å²) in [5, 5.41) is 8.53. The van der Waals surface area contributed by atoms with E-state index in [4.69, 9.17) is 4.74 Å². The van der Waals surface area contributed by atoms with Crippen LogP contribution in [0.15, 0.2) is 36.6 Å². The van der Waals surface area contributed by atoms with Gasteiger partial charge in [0.15, 0.2) is 0 Å². The predicted molar refractivity (Wildman–Crippen MR) is 128 cm³/mol. The number of halogens is 3. The fourth-order valence-corrected chi connectivity index (χ4v) is 4.95. The van der Waals surface area contributed by atoms with Crippen molar-refractivity contribution in [3.8, 4) is 0 Å². The summed E-state index contributed by atoms with van der Waals surface area (Å²) in [6.07, 6.45) is 6.38. The number of imidazole rings is 1. The van der Waals surface area contributed by atoms with Crippen LogP contribution in [0, 0.1) is 18.3 Å². The number of methoxy groups -OCH3 is 1. The maximum atomic E-state index is 13.3. The van der Waals surface area contributed by atoms with Crippen LogP contribution in [0.25, 0.3) is 5.70 Å². The van der Waals surface area contributed by atoms with Crippen molar-refractivity contribution >= 4 is 11.6 Å². The molecule has 0 spiro atoms. The van der Waals surface area contributed by atoms with Crippen LogP contribution in [-0.2, 0) is 9.53 Å². The molecule has 0 N–H and O–H groups in total. The quantitative estimate of drug-likeness (QED) is 0.586. The number of hydrogen-bond acceptors (Lipinski definition) is 5. The van der Waals surface area contributed by atoms with Gasteiger partial charge in [-0.2, -0.15) is 13.2 Å². The molecule has 2 aromatic heterocycles. The molecular weight excluding hydrogens is 473 g/mol. The number of ether oxygens (including phenoxy) is 1. The van der Waals surface area contributed by atoms with Gasteiger partial charge in [-0.1, -0.05) is 32.1 Å². The molecule has 2 aliphatic rings. The zero-order valence-electron chi connectivity index (χ0n) is 21.3. The highest BCUT2D eigenvalue weighted by atomic mass is 19.4. The molecule has 0 saturated carbocycles. The average molecular weight is 507 g/mol. The lowest BCUT2D eigenvalue weighted by atomic mass is 9.76. The van der Waals surface area contributed by atoms with Crippen molar-refractivity contribution in [3.63, 3.8) is 0 Å². The van der Waals surface area contributed by atoms with Gasteiger partial charge in [-0.3, -0.25) is 4.79 Å². The normalized spacial score (nSPS) is 23.8. The molecule has 4 rings (SSSR count). The number of nitrogens with zero attached hydrogens (tertiary/aromatic N) is 6. The van der Waals surface area contributed by atoms with Crippen LogP contribution in [0.5, 0.6) is 0 Å². The highest BCUT2D eigenvalue weighted by Crippen LogP contribution is 2.39. The Morgan fingerprint density at radius 2 is 1.94 bits per heavy atom. The second-order valence-corrected chi connectivity index (χ2v) is 10.7. The number of allylic oxidation sites excluding steroid dienone is 3. The van der Waals surface area contributed by atoms with Gasteiger partial charge in [-0.15, -0.1) is 5.10 Å². The molecule has 0 bridgehead atoms. The Morgan fingerprint density at radius 1 is 1.19 bits per heavy atom. The van der Waals surface area contributed by atoms with Crippen molar-refractivity contribution in [3.05, 3.63) is 48.0 Å². The van der Waals surface area contributed by atoms with Crippen LogP contribution in [-0.4, -0.2) is 61.7 Å². The lowest BCUT2D eigenvalue weighted by molar-refractivity contribution is -0.162. The van der Waals surface area contributed by atoms with E-state index in [1.807, 2.05) is 29.8 Å². The van der Waals surface area contributed by atoms with Gasteiger partial charge < -0.3 is 14.2 Å². The predicted octanol–water partition coefficient (Wildman–Crippen LogP) is 4.73. The van der Waals surface area contributed by atoms with Crippen LogP contribution >= 0.6 is 0 Å². The maximum absolute atomic E-state index is 13.3. The molecule has 8 nitrogen and oxygen atoms in total. The van der Waals surface area contributed by atoms with Gasteiger partial charge in [-0.25, -0.2) is 9.67 Å². The number of rotatable bonds is 5. The standard InChI is InChI=1S/C25H33F3N6O2/c1-16-12-33(15-29-16)20-7-6-17(10-22(20)36-5)19-13-34(31-30-19)21-11-18(24(2,3)4)8-9-32(23(21)35)14-25(26,27)28/h7,10,12-13,15,17-18,21H,6,8-9,11,14H2,1-5H3. The van der Waals surface area contributed by atoms with Crippen molar-refractivity contribution < 1.29 is 22.7 Å². The molecule has 1 aliphatic heterocycles. The summed E-state index contributed by atoms with van der Waals surface area (Å²) in [5.74, 6) is 0.00150. The number of aryl methyl sites for hydroxylation is 1. The van der Waals surface area contributed by atoms with E-state index in [0.29, 0.717) is 30.7 Å². The van der Waals surface area contributed by atoms with Crippen LogP contribution in [0.4, 0.5) is 13.2 Å². The smallest absolute Gasteiger partial charge is 0.406 e. The summed E-state index contributed by atoms with van der Waals surface area (Å²) in [4.78, 5) is 18.5. The molecule has 2 aromatic rings. The van der Waals surface area contributed by atoms with Crippen LogP contribution in [0.2, 0.25) is 0 Å². The molecule has 36 heavy (non-hydrogen) atoms. The van der Waals surface area contributed by atoms with Gasteiger partial charge in [0, 0.05) is 24.9 Å². The third-order valence-electron chi connectivity index (χ3n) is 7.05. The lowest BCUT2D eigenvalue weighted by Crippen LogP contribution is -2.42. The zero-order chi connectivity index (χ0) is 26.3. The summed E-state index contributed by atoms with van der Waals surface area (Å²) in [7, 11) is 1.59. The number of hydrogen-bond donors (Lipinski definition) is 0. The lowest BCUT2D eigenvalue weighted by Gasteiger charge is -2.30. The fourth-order valence-electron chi connectivity index (χ4n) is 4.95. The SMILES string of the molecule is COC1=CC(c2cn(C3CC(C(C)(C)C)CCN(CC(F)(F)F)C3=O)nn2)CC=C1n1cnc(C)c1. The fraction of sp³-hybridized carbons (Fsp3) is 0.600. The van der Waals surface area contributed by atoms with E-state index in [2.05, 4.69) is 36.1 Å². The summed E-state index contributed by atoms with van der Waals surface area (Å²) >= 11 is 0. The van der Waals surface area contributed by atoms with Crippen molar-refractivity contribution in [2.75, 3.05) is 20.2 Å². The molecule has 0 aromatic carbocycles. The Kier molecular flexibility index (Phi) is 7.03. The minimum atomic E-state index is -4.46. The third kappa shape index (κ3) is 5.65. The molecule has 0 radical (unpaired) electrons. The number of amides is 1. The summed E-state index contributed by atoms with van der Waals surface area (Å²) in [6.45, 7) is 6.88. The number of likely N-dealkylation sites (tertiary alicyclic amines) is 1. The second-order valence-electron chi connectivity index (χ2n) is 10.7. The highest BCUT2D eigenvalue weighted by Gasteiger charge is 2.41. The van der Waals surface area contributed by atoms with Crippen molar-refractivity contribution in [1.82, 2.24) is 29.4 Å². The number of aromatic nitrogens is 5. The molecule has 1 aliphatic carbocycles. The van der Waals surface area contributed by atoms with Gasteiger partial charge in [0.25, 0.3) is 0 Å². The Hall–Kier alpha value is -3.11. The Morgan fingerprint density at radius 3 is 2.56 bits per heavy atom. The monoisotopic (exact) mass is 506 g/mol. The Labute approximate surface area is 208 Å². The molecule has 1 saturated heterocycles. The van der Waals surface area contributed by atoms with E-state index >= 15 is 0 Å². The zero-order valence-corrected chi connectivity index (χ0v) is 21.3. The van der Waals surface area contributed by atoms with E-state index in [-0.39, 0.29) is 23.8 Å². The van der Waals surface area contributed by atoms with Gasteiger partial charge in [0.05, 0.1) is 30.5 Å². The summed E-state index contributed by atoms with van der Waals surface area (Å²) < 4.78 is 48.6. The topological polar surface area (TPSA) is 78.1 Å². The third-order valence-corrected chi connectivity index (χ3v) is 7.05. The minimum Gasteiger partial charge on any atom is -0.495 e. The second kappa shape index (κ2) is 9.74. The van der Waals surface area contributed by atoms with E-state index in [0.717, 1.165) is 16.3 Å². The van der Waals surface area contributed by atoms with Gasteiger partial charge >= 0.3 is 6.18 Å². The largest absolute Gasteiger partial charge is 0.495 e. The molecule has 11 heteroatoms. The first-order valence-electron chi connectivity index (χ1n) is 12.1. The van der Waals surface area contributed by atoms with Crippen LogP contribution < -0.4 is 0 Å². The van der Waals surface area contributed by atoms with E-state index in [9.17, 15) is 18.0 Å². The van der Waals surface area contributed by atoms with Gasteiger partial charge in [-0.05, 0) is 43.6 Å². The molecular formula is C25H33F3N6O2. The van der Waals surface area contributed by atoms with Gasteiger partial charge in [0.2, 0.25) is 5.91 Å². The number of carbonyl (C=O) groups is 1. The molecule has 196 valence electrons. The van der Waals surface area contributed by atoms with Crippen LogP contribution in [0.1, 0.15) is 63.4 Å². The number of alkyl halides is 3. The van der Waals surface area contributed by atoms with E-state index < -0.39 is 24.7 Å². The Bertz CT molecular complexity index is 1160. The molecule has 3 atom stereocenters. The van der Waals surface area contributed by atoms with E-state index in [1.165, 1.54) is 4.68 Å².